The summed E-state index contributed by atoms with van der Waals surface area (Å²) < 4.78 is 5.27. The van der Waals surface area contributed by atoms with Gasteiger partial charge in [0.1, 0.15) is 6.10 Å². The average molecular weight is 226 g/mol. The van der Waals surface area contributed by atoms with Crippen LogP contribution in [0.15, 0.2) is 24.3 Å². The van der Waals surface area contributed by atoms with Crippen molar-refractivity contribution >= 4 is 23.2 Å². The van der Waals surface area contributed by atoms with Crippen LogP contribution in [-0.4, -0.2) is 18.6 Å². The summed E-state index contributed by atoms with van der Waals surface area (Å²) in [7, 11) is 0. The Labute approximate surface area is 93.4 Å². The fourth-order valence-corrected chi connectivity index (χ4v) is 1.76. The number of anilines is 1. The molecule has 80 valence electrons. The van der Waals surface area contributed by atoms with Crippen molar-refractivity contribution in [2.24, 2.45) is 0 Å². The number of carbonyl (C=O) groups is 1. The Morgan fingerprint density at radius 2 is 2.40 bits per heavy atom. The molecule has 1 N–H and O–H groups in total. The Hall–Kier alpha value is -1.06. The molecule has 1 aromatic carbocycles. The van der Waals surface area contributed by atoms with Crippen LogP contribution in [0.2, 0.25) is 5.02 Å². The van der Waals surface area contributed by atoms with E-state index in [-0.39, 0.29) is 12.0 Å². The van der Waals surface area contributed by atoms with Gasteiger partial charge in [0.15, 0.2) is 0 Å². The smallest absolute Gasteiger partial charge is 0.253 e. The van der Waals surface area contributed by atoms with Crippen LogP contribution >= 0.6 is 11.6 Å². The van der Waals surface area contributed by atoms with Crippen molar-refractivity contribution in [1.82, 2.24) is 0 Å². The van der Waals surface area contributed by atoms with Gasteiger partial charge in [-0.1, -0.05) is 17.7 Å². The Morgan fingerprint density at radius 1 is 1.53 bits per heavy atom. The number of halogens is 1. The van der Waals surface area contributed by atoms with Crippen LogP contribution in [-0.2, 0) is 9.53 Å². The van der Waals surface area contributed by atoms with Crippen molar-refractivity contribution < 1.29 is 9.53 Å². The normalized spacial score (nSPS) is 20.2. The SMILES string of the molecule is O=C(Nc1cccc(Cl)c1)[C@H]1CCCO1. The molecule has 2 rings (SSSR count). The lowest BCUT2D eigenvalue weighted by molar-refractivity contribution is -0.124. The number of benzene rings is 1. The molecule has 1 aliphatic heterocycles. The number of amides is 1. The highest BCUT2D eigenvalue weighted by molar-refractivity contribution is 6.30. The summed E-state index contributed by atoms with van der Waals surface area (Å²) in [6.07, 6.45) is 1.45. The number of ether oxygens (including phenoxy) is 1. The lowest BCUT2D eigenvalue weighted by atomic mass is 10.2. The van der Waals surface area contributed by atoms with Crippen molar-refractivity contribution in [3.05, 3.63) is 29.3 Å². The zero-order valence-corrected chi connectivity index (χ0v) is 8.96. The summed E-state index contributed by atoms with van der Waals surface area (Å²) in [5, 5.41) is 3.39. The molecular weight excluding hydrogens is 214 g/mol. The molecule has 0 unspecified atom stereocenters. The van der Waals surface area contributed by atoms with Crippen LogP contribution < -0.4 is 5.32 Å². The number of rotatable bonds is 2. The van der Waals surface area contributed by atoms with E-state index in [2.05, 4.69) is 5.32 Å². The third-order valence-electron chi connectivity index (χ3n) is 2.31. The van der Waals surface area contributed by atoms with E-state index in [1.54, 1.807) is 24.3 Å². The van der Waals surface area contributed by atoms with Crippen LogP contribution in [0, 0.1) is 0 Å². The highest BCUT2D eigenvalue weighted by Gasteiger charge is 2.23. The molecule has 1 saturated heterocycles. The fourth-order valence-electron chi connectivity index (χ4n) is 1.57. The Morgan fingerprint density at radius 3 is 3.07 bits per heavy atom. The molecule has 0 bridgehead atoms. The molecule has 1 aromatic rings. The molecular formula is C11H12ClNO2. The molecule has 15 heavy (non-hydrogen) atoms. The van der Waals surface area contributed by atoms with Gasteiger partial charge in [-0.2, -0.15) is 0 Å². The topological polar surface area (TPSA) is 38.3 Å². The van der Waals surface area contributed by atoms with Gasteiger partial charge in [0.2, 0.25) is 0 Å². The largest absolute Gasteiger partial charge is 0.368 e. The highest BCUT2D eigenvalue weighted by atomic mass is 35.5. The molecule has 1 atom stereocenters. The number of hydrogen-bond acceptors (Lipinski definition) is 2. The quantitative estimate of drug-likeness (QED) is 0.840. The molecule has 1 aliphatic rings. The monoisotopic (exact) mass is 225 g/mol. The van der Waals surface area contributed by atoms with E-state index < -0.39 is 0 Å². The first-order valence-electron chi connectivity index (χ1n) is 4.94. The summed E-state index contributed by atoms with van der Waals surface area (Å²) >= 11 is 5.81. The summed E-state index contributed by atoms with van der Waals surface area (Å²) in [5.41, 5.74) is 0.711. The second-order valence-electron chi connectivity index (χ2n) is 3.50. The van der Waals surface area contributed by atoms with E-state index in [0.717, 1.165) is 12.8 Å². The zero-order chi connectivity index (χ0) is 10.7. The van der Waals surface area contributed by atoms with Gasteiger partial charge in [-0.05, 0) is 31.0 Å². The maximum atomic E-state index is 11.6. The maximum Gasteiger partial charge on any atom is 0.253 e. The first kappa shape index (κ1) is 10.5. The van der Waals surface area contributed by atoms with E-state index in [0.29, 0.717) is 17.3 Å². The summed E-state index contributed by atoms with van der Waals surface area (Å²) in [5.74, 6) is -0.0882. The van der Waals surface area contributed by atoms with E-state index in [4.69, 9.17) is 16.3 Å². The van der Waals surface area contributed by atoms with Gasteiger partial charge in [-0.3, -0.25) is 4.79 Å². The Balaban J connectivity index is 1.99. The second-order valence-corrected chi connectivity index (χ2v) is 3.94. The van der Waals surface area contributed by atoms with Crippen LogP contribution in [0.1, 0.15) is 12.8 Å². The lowest BCUT2D eigenvalue weighted by Crippen LogP contribution is -2.26. The minimum absolute atomic E-state index is 0.0882. The summed E-state index contributed by atoms with van der Waals surface area (Å²) in [6, 6.07) is 7.09. The van der Waals surface area contributed by atoms with Crippen LogP contribution in [0.4, 0.5) is 5.69 Å². The van der Waals surface area contributed by atoms with E-state index in [1.807, 2.05) is 0 Å². The number of nitrogens with one attached hydrogen (secondary N) is 1. The van der Waals surface area contributed by atoms with Crippen molar-refractivity contribution in [3.63, 3.8) is 0 Å². The molecule has 4 heteroatoms. The van der Waals surface area contributed by atoms with Gasteiger partial charge < -0.3 is 10.1 Å². The van der Waals surface area contributed by atoms with Gasteiger partial charge in [0, 0.05) is 17.3 Å². The van der Waals surface area contributed by atoms with Gasteiger partial charge in [-0.25, -0.2) is 0 Å². The number of hydrogen-bond donors (Lipinski definition) is 1. The fraction of sp³-hybridized carbons (Fsp3) is 0.364. The third kappa shape index (κ3) is 2.70. The van der Waals surface area contributed by atoms with Crippen LogP contribution in [0.25, 0.3) is 0 Å². The molecule has 3 nitrogen and oxygen atoms in total. The molecule has 0 saturated carbocycles. The molecule has 0 spiro atoms. The van der Waals surface area contributed by atoms with E-state index >= 15 is 0 Å². The van der Waals surface area contributed by atoms with E-state index in [9.17, 15) is 4.79 Å². The summed E-state index contributed by atoms with van der Waals surface area (Å²) in [4.78, 5) is 11.6. The standard InChI is InChI=1S/C11H12ClNO2/c12-8-3-1-4-9(7-8)13-11(14)10-5-2-6-15-10/h1,3-4,7,10H,2,5-6H2,(H,13,14)/t10-/m1/s1. The van der Waals surface area contributed by atoms with Crippen molar-refractivity contribution in [3.8, 4) is 0 Å². The van der Waals surface area contributed by atoms with Gasteiger partial charge >= 0.3 is 0 Å². The predicted molar refractivity (Wildman–Crippen MR) is 59.1 cm³/mol. The molecule has 1 amide bonds. The van der Waals surface area contributed by atoms with Gasteiger partial charge in [0.05, 0.1) is 0 Å². The van der Waals surface area contributed by atoms with E-state index in [1.165, 1.54) is 0 Å². The van der Waals surface area contributed by atoms with Crippen LogP contribution in [0.5, 0.6) is 0 Å². The minimum atomic E-state index is -0.302. The first-order valence-corrected chi connectivity index (χ1v) is 5.31. The van der Waals surface area contributed by atoms with Gasteiger partial charge in [-0.15, -0.1) is 0 Å². The third-order valence-corrected chi connectivity index (χ3v) is 2.55. The van der Waals surface area contributed by atoms with Gasteiger partial charge in [0.25, 0.3) is 5.91 Å². The summed E-state index contributed by atoms with van der Waals surface area (Å²) in [6.45, 7) is 0.674. The average Bonchev–Trinajstić information content (AvgIpc) is 2.70. The first-order chi connectivity index (χ1) is 7.25. The molecule has 0 radical (unpaired) electrons. The highest BCUT2D eigenvalue weighted by Crippen LogP contribution is 2.17. The Kier molecular flexibility index (Phi) is 3.23. The van der Waals surface area contributed by atoms with Crippen molar-refractivity contribution in [1.29, 1.82) is 0 Å². The molecule has 0 aromatic heterocycles. The molecule has 1 fully saturated rings. The zero-order valence-electron chi connectivity index (χ0n) is 8.20. The number of carbonyl (C=O) groups excluding carboxylic acids is 1. The Bertz CT molecular complexity index is 361. The second kappa shape index (κ2) is 4.64. The minimum Gasteiger partial charge on any atom is -0.368 e. The predicted octanol–water partition coefficient (Wildman–Crippen LogP) is 2.46. The maximum absolute atomic E-state index is 11.6. The van der Waals surface area contributed by atoms with Crippen molar-refractivity contribution in [2.45, 2.75) is 18.9 Å². The van der Waals surface area contributed by atoms with Crippen molar-refractivity contribution in [2.75, 3.05) is 11.9 Å². The molecule has 1 heterocycles. The lowest BCUT2D eigenvalue weighted by Gasteiger charge is -2.10. The molecule has 0 aliphatic carbocycles. The van der Waals surface area contributed by atoms with Crippen LogP contribution in [0.3, 0.4) is 0 Å².